The summed E-state index contributed by atoms with van der Waals surface area (Å²) in [5.41, 5.74) is -0.111. The summed E-state index contributed by atoms with van der Waals surface area (Å²) in [6.45, 7) is 11.2. The van der Waals surface area contributed by atoms with E-state index in [-0.39, 0.29) is 22.3 Å². The fourth-order valence-corrected chi connectivity index (χ4v) is 5.02. The first-order chi connectivity index (χ1) is 13.3. The van der Waals surface area contributed by atoms with E-state index in [1.165, 1.54) is 43.9 Å². The summed E-state index contributed by atoms with van der Waals surface area (Å²) in [6, 6.07) is 9.93. The molecule has 0 aliphatic carbocycles. The number of thioether (sulfide) groups is 1. The molecule has 1 aliphatic rings. The predicted molar refractivity (Wildman–Crippen MR) is 119 cm³/mol. The van der Waals surface area contributed by atoms with E-state index in [9.17, 15) is 4.79 Å². The van der Waals surface area contributed by atoms with Crippen LogP contribution in [0.1, 0.15) is 92.4 Å². The lowest BCUT2D eigenvalue weighted by Crippen LogP contribution is -2.59. The van der Waals surface area contributed by atoms with Crippen LogP contribution in [0.2, 0.25) is 0 Å². The third-order valence-corrected chi connectivity index (χ3v) is 6.68. The first-order valence-electron chi connectivity index (χ1n) is 11.0. The van der Waals surface area contributed by atoms with Crippen molar-refractivity contribution in [2.75, 3.05) is 0 Å². The monoisotopic (exact) mass is 405 g/mol. The highest BCUT2D eigenvalue weighted by Crippen LogP contribution is 2.39. The van der Waals surface area contributed by atoms with E-state index >= 15 is 0 Å². The molecule has 3 nitrogen and oxygen atoms in total. The van der Waals surface area contributed by atoms with Gasteiger partial charge in [0.1, 0.15) is 6.10 Å². The number of piperidine rings is 1. The zero-order valence-corrected chi connectivity index (χ0v) is 19.3. The number of carbonyl (C=O) groups excluding carboxylic acids is 1. The second kappa shape index (κ2) is 10.8. The van der Waals surface area contributed by atoms with Gasteiger partial charge in [0.15, 0.2) is 0 Å². The van der Waals surface area contributed by atoms with Crippen molar-refractivity contribution in [1.82, 2.24) is 5.06 Å². The molecule has 0 unspecified atom stereocenters. The van der Waals surface area contributed by atoms with Crippen LogP contribution < -0.4 is 0 Å². The first kappa shape index (κ1) is 23.4. The predicted octanol–water partition coefficient (Wildman–Crippen LogP) is 7.01. The van der Waals surface area contributed by atoms with Gasteiger partial charge in [-0.1, -0.05) is 57.2 Å². The summed E-state index contributed by atoms with van der Waals surface area (Å²) >= 11 is 1.32. The van der Waals surface area contributed by atoms with Crippen molar-refractivity contribution in [3.8, 4) is 0 Å². The minimum Gasteiger partial charge on any atom is -0.286 e. The van der Waals surface area contributed by atoms with Crippen LogP contribution in [-0.4, -0.2) is 27.4 Å². The number of hydroxylamine groups is 2. The van der Waals surface area contributed by atoms with E-state index in [4.69, 9.17) is 4.84 Å². The maximum atomic E-state index is 13.1. The molecule has 2 rings (SSSR count). The van der Waals surface area contributed by atoms with Gasteiger partial charge in [0, 0.05) is 16.0 Å². The zero-order valence-electron chi connectivity index (χ0n) is 18.5. The summed E-state index contributed by atoms with van der Waals surface area (Å²) in [6.07, 6.45) is 9.76. The Bertz CT molecular complexity index is 584. The maximum absolute atomic E-state index is 13.1. The lowest BCUT2D eigenvalue weighted by Gasteiger charge is -2.52. The fraction of sp³-hybridized carbons (Fsp3) is 0.708. The highest BCUT2D eigenvalue weighted by molar-refractivity contribution is 8.13. The topological polar surface area (TPSA) is 29.5 Å². The molecule has 4 heteroatoms. The van der Waals surface area contributed by atoms with Gasteiger partial charge in [0.05, 0.1) is 0 Å². The summed E-state index contributed by atoms with van der Waals surface area (Å²) in [5, 5.41) is 2.27. The van der Waals surface area contributed by atoms with E-state index in [1.54, 1.807) is 0 Å². The number of nitrogens with zero attached hydrogens (tertiary/aromatic N) is 1. The number of hydrogen-bond donors (Lipinski definition) is 0. The van der Waals surface area contributed by atoms with E-state index in [2.05, 4.69) is 39.7 Å². The minimum atomic E-state index is -0.386. The Hall–Kier alpha value is -0.840. The van der Waals surface area contributed by atoms with Crippen LogP contribution in [0.3, 0.4) is 0 Å². The lowest BCUT2D eigenvalue weighted by molar-refractivity contribution is -0.297. The third-order valence-electron chi connectivity index (χ3n) is 5.70. The van der Waals surface area contributed by atoms with Gasteiger partial charge < -0.3 is 0 Å². The Labute approximate surface area is 176 Å². The van der Waals surface area contributed by atoms with Gasteiger partial charge in [-0.2, -0.15) is 5.06 Å². The van der Waals surface area contributed by atoms with Crippen molar-refractivity contribution in [3.63, 3.8) is 0 Å². The van der Waals surface area contributed by atoms with Gasteiger partial charge >= 0.3 is 0 Å². The molecule has 0 bridgehead atoms. The molecule has 1 heterocycles. The molecule has 1 saturated heterocycles. The molecule has 0 radical (unpaired) electrons. The molecule has 1 aromatic carbocycles. The summed E-state index contributed by atoms with van der Waals surface area (Å²) in [4.78, 5) is 20.7. The molecule has 0 spiro atoms. The molecule has 0 N–H and O–H groups in total. The Morgan fingerprint density at radius 2 is 1.64 bits per heavy atom. The van der Waals surface area contributed by atoms with Crippen LogP contribution in [0, 0.1) is 0 Å². The number of benzene rings is 1. The van der Waals surface area contributed by atoms with Crippen molar-refractivity contribution in [1.29, 1.82) is 0 Å². The molecule has 0 amide bonds. The normalized spacial score (nSPS) is 20.0. The van der Waals surface area contributed by atoms with Crippen molar-refractivity contribution >= 4 is 16.9 Å². The van der Waals surface area contributed by atoms with Crippen LogP contribution in [0.4, 0.5) is 0 Å². The highest BCUT2D eigenvalue weighted by atomic mass is 32.2. The van der Waals surface area contributed by atoms with Gasteiger partial charge in [0.2, 0.25) is 5.12 Å². The SMILES string of the molecule is CCCCCCC[C@@H](ON1C(C)(C)CCCC1(C)C)C(=O)Sc1ccccc1. The molecule has 0 aromatic heterocycles. The smallest absolute Gasteiger partial charge is 0.224 e. The molecular formula is C24H39NO2S. The molecular weight excluding hydrogens is 366 g/mol. The average molecular weight is 406 g/mol. The van der Waals surface area contributed by atoms with Crippen LogP contribution in [0.25, 0.3) is 0 Å². The van der Waals surface area contributed by atoms with E-state index < -0.39 is 0 Å². The summed E-state index contributed by atoms with van der Waals surface area (Å²) < 4.78 is 0. The Kier molecular flexibility index (Phi) is 9.04. The van der Waals surface area contributed by atoms with Gasteiger partial charge in [-0.25, -0.2) is 0 Å². The summed E-state index contributed by atoms with van der Waals surface area (Å²) in [5.74, 6) is 0. The molecule has 1 aliphatic heterocycles. The van der Waals surface area contributed by atoms with Crippen LogP contribution in [0.15, 0.2) is 35.2 Å². The minimum absolute atomic E-state index is 0.0557. The number of unbranched alkanes of at least 4 members (excludes halogenated alkanes) is 4. The zero-order chi connectivity index (χ0) is 20.6. The standard InChI is InChI=1S/C24H39NO2S/c1-6-7-8-9-13-17-21(22(26)28-20-15-11-10-12-16-20)27-25-23(2,3)18-14-19-24(25,4)5/h10-12,15-16,21H,6-9,13-14,17-19H2,1-5H3/t21-/m1/s1. The van der Waals surface area contributed by atoms with E-state index in [1.807, 2.05) is 30.3 Å². The quantitative estimate of drug-likeness (QED) is 0.309. The third kappa shape index (κ3) is 6.89. The van der Waals surface area contributed by atoms with Crippen molar-refractivity contribution in [2.45, 2.75) is 114 Å². The van der Waals surface area contributed by atoms with Crippen molar-refractivity contribution in [3.05, 3.63) is 30.3 Å². The van der Waals surface area contributed by atoms with Gasteiger partial charge in [0.25, 0.3) is 0 Å². The highest BCUT2D eigenvalue weighted by Gasteiger charge is 2.44. The number of hydrogen-bond acceptors (Lipinski definition) is 4. The molecule has 28 heavy (non-hydrogen) atoms. The Balaban J connectivity index is 2.08. The van der Waals surface area contributed by atoms with Crippen LogP contribution in [-0.2, 0) is 9.63 Å². The largest absolute Gasteiger partial charge is 0.286 e. The van der Waals surface area contributed by atoms with Crippen molar-refractivity contribution < 1.29 is 9.63 Å². The maximum Gasteiger partial charge on any atom is 0.224 e. The van der Waals surface area contributed by atoms with Gasteiger partial charge in [-0.3, -0.25) is 9.63 Å². The molecule has 158 valence electrons. The van der Waals surface area contributed by atoms with Crippen LogP contribution >= 0.6 is 11.8 Å². The number of rotatable bonds is 10. The molecule has 1 atom stereocenters. The van der Waals surface area contributed by atoms with E-state index in [0.29, 0.717) is 0 Å². The lowest BCUT2D eigenvalue weighted by atomic mass is 9.82. The van der Waals surface area contributed by atoms with Gasteiger partial charge in [-0.05, 0) is 77.3 Å². The average Bonchev–Trinajstić information content (AvgIpc) is 2.63. The first-order valence-corrected chi connectivity index (χ1v) is 11.8. The number of carbonyl (C=O) groups is 1. The van der Waals surface area contributed by atoms with Crippen molar-refractivity contribution in [2.24, 2.45) is 0 Å². The molecule has 1 aromatic rings. The second-order valence-electron chi connectivity index (χ2n) is 9.30. The second-order valence-corrected chi connectivity index (χ2v) is 10.4. The van der Waals surface area contributed by atoms with Crippen LogP contribution in [0.5, 0.6) is 0 Å². The van der Waals surface area contributed by atoms with E-state index in [0.717, 1.165) is 30.6 Å². The summed E-state index contributed by atoms with van der Waals surface area (Å²) in [7, 11) is 0. The fourth-order valence-electron chi connectivity index (χ4n) is 4.21. The van der Waals surface area contributed by atoms with Gasteiger partial charge in [-0.15, -0.1) is 0 Å². The Morgan fingerprint density at radius 1 is 1.04 bits per heavy atom. The molecule has 0 saturated carbocycles. The molecule has 1 fully saturated rings. The Morgan fingerprint density at radius 3 is 2.25 bits per heavy atom.